The number of carbonyl (C=O) groups excluding carboxylic acids is 1. The third kappa shape index (κ3) is 7.45. The van der Waals surface area contributed by atoms with Gasteiger partial charge in [-0.3, -0.25) is 23.7 Å². The summed E-state index contributed by atoms with van der Waals surface area (Å²) in [5, 5.41) is 2.61. The summed E-state index contributed by atoms with van der Waals surface area (Å²) in [4.78, 5) is 38.2. The van der Waals surface area contributed by atoms with E-state index >= 15 is 4.39 Å². The molecule has 0 unspecified atom stereocenters. The van der Waals surface area contributed by atoms with Crippen LogP contribution in [0.2, 0.25) is 0 Å². The number of nitrogens with one attached hydrogen (secondary N) is 2. The van der Waals surface area contributed by atoms with Gasteiger partial charge in [-0.15, -0.1) is 0 Å². The number of halogens is 1. The molecule has 2 fully saturated rings. The molecule has 0 amide bonds. The number of carbonyl (C=O) groups is 1. The first-order valence-electron chi connectivity index (χ1n) is 13.1. The molecule has 0 bridgehead atoms. The van der Waals surface area contributed by atoms with E-state index in [4.69, 9.17) is 18.5 Å². The highest BCUT2D eigenvalue weighted by Gasteiger charge is 2.54. The number of benzene rings is 1. The van der Waals surface area contributed by atoms with Crippen molar-refractivity contribution < 1.29 is 35.1 Å². The van der Waals surface area contributed by atoms with E-state index in [2.05, 4.69) is 10.1 Å². The number of para-hydroxylation sites is 1. The average Bonchev–Trinajstić information content (AvgIpc) is 3.10. The van der Waals surface area contributed by atoms with Crippen LogP contribution in [0, 0.1) is 5.92 Å². The molecule has 2 heterocycles. The fourth-order valence-electron chi connectivity index (χ4n) is 4.06. The number of aromatic amines is 1. The van der Waals surface area contributed by atoms with Crippen molar-refractivity contribution >= 4 is 13.7 Å². The molecule has 39 heavy (non-hydrogen) atoms. The molecule has 1 aromatic carbocycles. The fraction of sp³-hybridized carbons (Fsp3) is 0.577. The van der Waals surface area contributed by atoms with Gasteiger partial charge in [0.05, 0.1) is 12.7 Å². The molecule has 220 valence electrons. The van der Waals surface area contributed by atoms with Gasteiger partial charge < -0.3 is 14.0 Å². The van der Waals surface area contributed by atoms with E-state index in [0.29, 0.717) is 0 Å². The van der Waals surface area contributed by atoms with E-state index in [1.165, 1.54) is 13.8 Å². The maximum absolute atomic E-state index is 15.7. The summed E-state index contributed by atoms with van der Waals surface area (Å²) >= 11 is 0. The first kappa shape index (κ1) is 30.7. The molecule has 2 N–H and O–H groups in total. The van der Waals surface area contributed by atoms with Gasteiger partial charge in [0.1, 0.15) is 17.9 Å². The van der Waals surface area contributed by atoms with Crippen LogP contribution in [0.15, 0.2) is 52.2 Å². The zero-order chi connectivity index (χ0) is 28.8. The minimum absolute atomic E-state index is 0. The number of H-pyrrole nitrogens is 1. The molecule has 11 nitrogen and oxygen atoms in total. The molecule has 1 saturated heterocycles. The predicted octanol–water partition coefficient (Wildman–Crippen LogP) is 4.59. The summed E-state index contributed by atoms with van der Waals surface area (Å²) in [6.07, 6.45) is 1.25. The maximum Gasteiger partial charge on any atom is 0.459 e. The zero-order valence-corrected chi connectivity index (χ0v) is 23.7. The molecule has 1 aromatic heterocycles. The van der Waals surface area contributed by atoms with E-state index in [-0.39, 0.29) is 21.3 Å². The van der Waals surface area contributed by atoms with Crippen LogP contribution in [0.25, 0.3) is 0 Å². The van der Waals surface area contributed by atoms with Crippen LogP contribution >= 0.6 is 7.75 Å². The van der Waals surface area contributed by atoms with Crippen molar-refractivity contribution in [1.29, 1.82) is 0 Å². The Labute approximate surface area is 229 Å². The molecule has 2 aliphatic rings. The van der Waals surface area contributed by atoms with Gasteiger partial charge in [-0.05, 0) is 45.2 Å². The van der Waals surface area contributed by atoms with Crippen molar-refractivity contribution in [3.8, 4) is 5.75 Å². The third-order valence-corrected chi connectivity index (χ3v) is 8.40. The van der Waals surface area contributed by atoms with E-state index in [1.807, 2.05) is 13.8 Å². The van der Waals surface area contributed by atoms with Gasteiger partial charge in [0.15, 0.2) is 11.9 Å². The molecule has 1 aliphatic heterocycles. The average molecular weight is 574 g/mol. The molecule has 13 heteroatoms. The van der Waals surface area contributed by atoms with Crippen molar-refractivity contribution in [2.24, 2.45) is 5.92 Å². The number of nitrogens with zero attached hydrogens (tertiary/aromatic N) is 1. The Morgan fingerprint density at radius 3 is 2.54 bits per heavy atom. The Kier molecular flexibility index (Phi) is 10.3. The Hall–Kier alpha value is -2.79. The van der Waals surface area contributed by atoms with Gasteiger partial charge in [0.2, 0.25) is 0 Å². The van der Waals surface area contributed by atoms with Crippen LogP contribution in [0.3, 0.4) is 0 Å². The smallest absolute Gasteiger partial charge is 0.459 e. The highest BCUT2D eigenvalue weighted by atomic mass is 31.2. The van der Waals surface area contributed by atoms with E-state index < -0.39 is 54.9 Å². The summed E-state index contributed by atoms with van der Waals surface area (Å²) in [5.41, 5.74) is -3.48. The molecule has 4 rings (SSSR count). The lowest BCUT2D eigenvalue weighted by Crippen LogP contribution is -2.40. The predicted molar refractivity (Wildman–Crippen MR) is 146 cm³/mol. The summed E-state index contributed by atoms with van der Waals surface area (Å²) in [7, 11) is -4.18. The van der Waals surface area contributed by atoms with Crippen LogP contribution in [0.1, 0.15) is 63.0 Å². The summed E-state index contributed by atoms with van der Waals surface area (Å²) < 4.78 is 52.9. The van der Waals surface area contributed by atoms with Crippen molar-refractivity contribution in [2.75, 3.05) is 6.61 Å². The van der Waals surface area contributed by atoms with Gasteiger partial charge in [-0.2, -0.15) is 5.09 Å². The molecule has 2 aromatic rings. The standard InChI is InChI=1S/C24H31FN3O8P.C2H6.2H2/c1-15-19(35-22(24(15,3)25)28-13-12-20(29)26-23(28)31)14-33-37(32,36-18-8-5-4-6-9-18)27-16(2)21(30)34-17-10-7-11-17;1-2;;/h4-6,8-9,12-13,15-17,19,22H,7,10-11,14H2,1-3H3,(H,27,32)(H,26,29,31);1-2H3;2*1H/t15-,16+,19-,22-,24-,37-;;;/m1.../s1. The van der Waals surface area contributed by atoms with Crippen LogP contribution in [0.5, 0.6) is 5.75 Å². The molecule has 0 spiro atoms. The number of ether oxygens (including phenoxy) is 2. The van der Waals surface area contributed by atoms with E-state index in [1.54, 1.807) is 37.3 Å². The van der Waals surface area contributed by atoms with Crippen LogP contribution < -0.4 is 20.9 Å². The van der Waals surface area contributed by atoms with Crippen LogP contribution in [-0.2, 0) is 23.4 Å². The lowest BCUT2D eigenvalue weighted by Gasteiger charge is -2.28. The van der Waals surface area contributed by atoms with E-state index in [9.17, 15) is 18.9 Å². The van der Waals surface area contributed by atoms with Gasteiger partial charge in [-0.1, -0.05) is 39.0 Å². The number of alkyl halides is 1. The first-order valence-corrected chi connectivity index (χ1v) is 14.7. The Morgan fingerprint density at radius 1 is 1.28 bits per heavy atom. The summed E-state index contributed by atoms with van der Waals surface area (Å²) in [6.45, 7) is 7.95. The van der Waals surface area contributed by atoms with Crippen molar-refractivity contribution in [2.45, 2.75) is 84.0 Å². The minimum atomic E-state index is -4.18. The second kappa shape index (κ2) is 13.0. The fourth-order valence-corrected chi connectivity index (χ4v) is 5.57. The molecule has 1 saturated carbocycles. The number of aromatic nitrogens is 2. The number of esters is 1. The molecular weight excluding hydrogens is 532 g/mol. The van der Waals surface area contributed by atoms with Gasteiger partial charge in [0, 0.05) is 21.0 Å². The lowest BCUT2D eigenvalue weighted by molar-refractivity contribution is -0.154. The van der Waals surface area contributed by atoms with Crippen molar-refractivity contribution in [3.05, 3.63) is 63.4 Å². The Balaban J connectivity index is 0.00000206. The third-order valence-electron chi connectivity index (χ3n) is 6.76. The summed E-state index contributed by atoms with van der Waals surface area (Å²) in [5.74, 6) is -1.17. The Morgan fingerprint density at radius 2 is 1.95 bits per heavy atom. The quantitative estimate of drug-likeness (QED) is 0.309. The monoisotopic (exact) mass is 573 g/mol. The van der Waals surface area contributed by atoms with Crippen LogP contribution in [-0.4, -0.2) is 46.0 Å². The normalized spacial score (nSPS) is 26.9. The van der Waals surface area contributed by atoms with Crippen molar-refractivity contribution in [3.63, 3.8) is 0 Å². The molecule has 1 aliphatic carbocycles. The van der Waals surface area contributed by atoms with Gasteiger partial charge in [0.25, 0.3) is 5.56 Å². The number of hydrogen-bond donors (Lipinski definition) is 2. The first-order chi connectivity index (χ1) is 18.5. The number of hydrogen-bond acceptors (Lipinski definition) is 8. The highest BCUT2D eigenvalue weighted by Crippen LogP contribution is 2.49. The van der Waals surface area contributed by atoms with E-state index in [0.717, 1.165) is 36.1 Å². The number of rotatable bonds is 10. The molecule has 6 atom stereocenters. The zero-order valence-electron chi connectivity index (χ0n) is 22.8. The molecular formula is C26H41FN3O8P. The van der Waals surface area contributed by atoms with Gasteiger partial charge >= 0.3 is 19.4 Å². The maximum atomic E-state index is 15.7. The minimum Gasteiger partial charge on any atom is -0.461 e. The highest BCUT2D eigenvalue weighted by molar-refractivity contribution is 7.52. The van der Waals surface area contributed by atoms with Crippen molar-refractivity contribution in [1.82, 2.24) is 14.6 Å². The molecule has 0 radical (unpaired) electrons. The SMILES string of the molecule is CC.C[C@H](N[P@@](=O)(OC[C@H]1O[C@@H](n2ccc(=O)[nH]c2=O)[C@](C)(F)[C@@H]1C)Oc1ccccc1)C(=O)OC1CCC1.[HH].[HH]. The second-order valence-electron chi connectivity index (χ2n) is 9.52. The van der Waals surface area contributed by atoms with Crippen LogP contribution in [0.4, 0.5) is 4.39 Å². The largest absolute Gasteiger partial charge is 0.461 e. The second-order valence-corrected chi connectivity index (χ2v) is 11.2. The summed E-state index contributed by atoms with van der Waals surface area (Å²) in [6, 6.07) is 8.32. The Bertz CT molecular complexity index is 1280. The topological polar surface area (TPSA) is 138 Å². The van der Waals surface area contributed by atoms with Gasteiger partial charge in [-0.25, -0.2) is 13.8 Å². The lowest BCUT2D eigenvalue weighted by atomic mass is 9.90.